The molecule has 0 spiro atoms. The van der Waals surface area contributed by atoms with Crippen LogP contribution in [0.25, 0.3) is 0 Å². The molecule has 0 aliphatic heterocycles. The lowest BCUT2D eigenvalue weighted by atomic mass is 9.86. The second-order valence-electron chi connectivity index (χ2n) is 5.15. The molecule has 0 amide bonds. The van der Waals surface area contributed by atoms with Crippen molar-refractivity contribution in [2.24, 2.45) is 11.7 Å². The summed E-state index contributed by atoms with van der Waals surface area (Å²) in [6.45, 7) is 5.71. The fraction of sp³-hybridized carbons (Fsp3) is 0.909. The second-order valence-corrected chi connectivity index (χ2v) is 5.15. The lowest BCUT2D eigenvalue weighted by Crippen LogP contribution is -2.34. The van der Waals surface area contributed by atoms with E-state index in [9.17, 15) is 4.79 Å². The number of rotatable bonds is 1. The molecule has 0 saturated heterocycles. The van der Waals surface area contributed by atoms with Gasteiger partial charge in [-0.05, 0) is 46.5 Å². The molecule has 1 rings (SSSR count). The predicted octanol–water partition coefficient (Wildman–Crippen LogP) is 1.85. The maximum Gasteiger partial charge on any atom is 0.309 e. The summed E-state index contributed by atoms with van der Waals surface area (Å²) in [6, 6.07) is 0.286. The standard InChI is InChI=1S/C11H21NO2/c1-11(2,3)14-10(13)8-4-6-9(12)7-5-8/h8-9H,4-7,12H2,1-3H3/t8-,9+. The number of nitrogens with two attached hydrogens (primary N) is 1. The van der Waals surface area contributed by atoms with Crippen LogP contribution in [0.5, 0.6) is 0 Å². The summed E-state index contributed by atoms with van der Waals surface area (Å²) >= 11 is 0. The number of hydrogen-bond donors (Lipinski definition) is 1. The molecule has 0 bridgehead atoms. The zero-order chi connectivity index (χ0) is 10.8. The van der Waals surface area contributed by atoms with Crippen molar-refractivity contribution < 1.29 is 9.53 Å². The molecule has 1 aliphatic carbocycles. The van der Waals surface area contributed by atoms with Gasteiger partial charge in [0, 0.05) is 6.04 Å². The van der Waals surface area contributed by atoms with E-state index in [1.54, 1.807) is 0 Å². The molecular formula is C11H21NO2. The van der Waals surface area contributed by atoms with E-state index in [1.165, 1.54) is 0 Å². The third-order valence-corrected chi connectivity index (χ3v) is 2.51. The van der Waals surface area contributed by atoms with Gasteiger partial charge in [-0.2, -0.15) is 0 Å². The maximum absolute atomic E-state index is 11.7. The molecule has 14 heavy (non-hydrogen) atoms. The van der Waals surface area contributed by atoms with Gasteiger partial charge in [-0.3, -0.25) is 4.79 Å². The highest BCUT2D eigenvalue weighted by atomic mass is 16.6. The van der Waals surface area contributed by atoms with E-state index < -0.39 is 0 Å². The van der Waals surface area contributed by atoms with E-state index >= 15 is 0 Å². The van der Waals surface area contributed by atoms with Crippen LogP contribution in [-0.2, 0) is 9.53 Å². The van der Waals surface area contributed by atoms with Crippen molar-refractivity contribution in [1.29, 1.82) is 0 Å². The molecule has 1 fully saturated rings. The highest BCUT2D eigenvalue weighted by Crippen LogP contribution is 2.25. The van der Waals surface area contributed by atoms with Crippen molar-refractivity contribution in [3.63, 3.8) is 0 Å². The zero-order valence-corrected chi connectivity index (χ0v) is 9.38. The molecule has 0 aromatic heterocycles. The molecule has 2 N–H and O–H groups in total. The summed E-state index contributed by atoms with van der Waals surface area (Å²) < 4.78 is 5.33. The monoisotopic (exact) mass is 199 g/mol. The lowest BCUT2D eigenvalue weighted by molar-refractivity contribution is -0.161. The van der Waals surface area contributed by atoms with Gasteiger partial charge in [0.05, 0.1) is 5.92 Å². The molecule has 0 unspecified atom stereocenters. The lowest BCUT2D eigenvalue weighted by Gasteiger charge is -2.28. The van der Waals surface area contributed by atoms with E-state index in [4.69, 9.17) is 10.5 Å². The molecular weight excluding hydrogens is 178 g/mol. The fourth-order valence-corrected chi connectivity index (χ4v) is 1.74. The van der Waals surface area contributed by atoms with E-state index in [2.05, 4.69) is 0 Å². The average Bonchev–Trinajstić information content (AvgIpc) is 2.02. The van der Waals surface area contributed by atoms with Crippen molar-refractivity contribution >= 4 is 5.97 Å². The van der Waals surface area contributed by atoms with Crippen molar-refractivity contribution in [2.75, 3.05) is 0 Å². The quantitative estimate of drug-likeness (QED) is 0.656. The molecule has 82 valence electrons. The summed E-state index contributed by atoms with van der Waals surface area (Å²) in [5.74, 6) is 0.0263. The highest BCUT2D eigenvalue weighted by molar-refractivity contribution is 5.72. The van der Waals surface area contributed by atoms with Crippen molar-refractivity contribution in [1.82, 2.24) is 0 Å². The first-order valence-electron chi connectivity index (χ1n) is 5.37. The Labute approximate surface area is 86.0 Å². The van der Waals surface area contributed by atoms with Crippen LogP contribution in [0.15, 0.2) is 0 Å². The molecule has 1 aliphatic rings. The Balaban J connectivity index is 2.38. The van der Waals surface area contributed by atoms with Crippen LogP contribution >= 0.6 is 0 Å². The van der Waals surface area contributed by atoms with Crippen LogP contribution < -0.4 is 5.73 Å². The number of carbonyl (C=O) groups is 1. The summed E-state index contributed by atoms with van der Waals surface area (Å²) in [5, 5.41) is 0. The smallest absolute Gasteiger partial charge is 0.309 e. The van der Waals surface area contributed by atoms with Crippen LogP contribution in [0.1, 0.15) is 46.5 Å². The second kappa shape index (κ2) is 4.30. The number of esters is 1. The first-order valence-corrected chi connectivity index (χ1v) is 5.37. The minimum atomic E-state index is -0.364. The van der Waals surface area contributed by atoms with Crippen LogP contribution in [-0.4, -0.2) is 17.6 Å². The van der Waals surface area contributed by atoms with E-state index in [0.29, 0.717) is 0 Å². The molecule has 0 heterocycles. The van der Waals surface area contributed by atoms with Crippen molar-refractivity contribution in [3.8, 4) is 0 Å². The Morgan fingerprint density at radius 2 is 1.71 bits per heavy atom. The largest absolute Gasteiger partial charge is 0.460 e. The summed E-state index contributed by atoms with van der Waals surface area (Å²) in [4.78, 5) is 11.7. The first-order chi connectivity index (χ1) is 6.38. The molecule has 0 aromatic rings. The molecule has 0 aromatic carbocycles. The number of carbonyl (C=O) groups excluding carboxylic acids is 1. The van der Waals surface area contributed by atoms with E-state index in [-0.39, 0.29) is 23.5 Å². The van der Waals surface area contributed by atoms with Crippen molar-refractivity contribution in [2.45, 2.75) is 58.1 Å². The van der Waals surface area contributed by atoms with Crippen LogP contribution in [0, 0.1) is 5.92 Å². The van der Waals surface area contributed by atoms with Crippen LogP contribution in [0.3, 0.4) is 0 Å². The minimum Gasteiger partial charge on any atom is -0.460 e. The Morgan fingerprint density at radius 3 is 2.14 bits per heavy atom. The highest BCUT2D eigenvalue weighted by Gasteiger charge is 2.28. The summed E-state index contributed by atoms with van der Waals surface area (Å²) in [7, 11) is 0. The Hall–Kier alpha value is -0.570. The minimum absolute atomic E-state index is 0.0515. The van der Waals surface area contributed by atoms with Gasteiger partial charge in [0.15, 0.2) is 0 Å². The van der Waals surface area contributed by atoms with Gasteiger partial charge in [-0.1, -0.05) is 0 Å². The van der Waals surface area contributed by atoms with Gasteiger partial charge in [-0.25, -0.2) is 0 Å². The van der Waals surface area contributed by atoms with Crippen LogP contribution in [0.4, 0.5) is 0 Å². The van der Waals surface area contributed by atoms with Gasteiger partial charge < -0.3 is 10.5 Å². The van der Waals surface area contributed by atoms with Gasteiger partial charge in [0.2, 0.25) is 0 Å². The number of hydrogen-bond acceptors (Lipinski definition) is 3. The average molecular weight is 199 g/mol. The third kappa shape index (κ3) is 3.66. The maximum atomic E-state index is 11.7. The molecule has 3 nitrogen and oxygen atoms in total. The van der Waals surface area contributed by atoms with Gasteiger partial charge in [-0.15, -0.1) is 0 Å². The predicted molar refractivity (Wildman–Crippen MR) is 55.8 cm³/mol. The SMILES string of the molecule is CC(C)(C)OC(=O)[C@H]1CC[C@@H](N)CC1. The van der Waals surface area contributed by atoms with Gasteiger partial charge in [0.1, 0.15) is 5.60 Å². The van der Waals surface area contributed by atoms with Gasteiger partial charge >= 0.3 is 5.97 Å². The fourth-order valence-electron chi connectivity index (χ4n) is 1.74. The summed E-state index contributed by atoms with van der Waals surface area (Å²) in [5.41, 5.74) is 5.41. The van der Waals surface area contributed by atoms with Gasteiger partial charge in [0.25, 0.3) is 0 Å². The summed E-state index contributed by atoms with van der Waals surface area (Å²) in [6.07, 6.45) is 3.67. The Kier molecular flexibility index (Phi) is 3.53. The zero-order valence-electron chi connectivity index (χ0n) is 9.38. The topological polar surface area (TPSA) is 52.3 Å². The first kappa shape index (κ1) is 11.5. The normalized spacial score (nSPS) is 28.6. The molecule has 1 saturated carbocycles. The molecule has 0 atom stereocenters. The van der Waals surface area contributed by atoms with Crippen LogP contribution in [0.2, 0.25) is 0 Å². The Morgan fingerprint density at radius 1 is 1.21 bits per heavy atom. The van der Waals surface area contributed by atoms with E-state index in [0.717, 1.165) is 25.7 Å². The Bertz CT molecular complexity index is 200. The van der Waals surface area contributed by atoms with Crippen molar-refractivity contribution in [3.05, 3.63) is 0 Å². The number of ether oxygens (including phenoxy) is 1. The van der Waals surface area contributed by atoms with E-state index in [1.807, 2.05) is 20.8 Å². The molecule has 0 radical (unpaired) electrons. The third-order valence-electron chi connectivity index (χ3n) is 2.51. The molecule has 3 heteroatoms.